The Kier molecular flexibility index (Phi) is 2.58. The summed E-state index contributed by atoms with van der Waals surface area (Å²) >= 11 is 0. The topological polar surface area (TPSA) is 17.3 Å². The molecule has 4 aromatic rings. The molecule has 0 aliphatic rings. The maximum Gasteiger partial charge on any atom is 0.0796 e. The van der Waals surface area contributed by atoms with Crippen molar-refractivity contribution in [3.05, 3.63) is 72.1 Å². The van der Waals surface area contributed by atoms with E-state index in [0.717, 1.165) is 5.69 Å². The molecule has 2 heteroatoms. The van der Waals surface area contributed by atoms with Crippen LogP contribution in [-0.2, 0) is 0 Å². The maximum atomic E-state index is 4.64. The fourth-order valence-electron chi connectivity index (χ4n) is 3.10. The molecule has 2 nitrogen and oxygen atoms in total. The Labute approximate surface area is 123 Å². The fraction of sp³-hybridized carbons (Fsp3) is 0.105. The van der Waals surface area contributed by atoms with E-state index < -0.39 is 0 Å². The second-order valence-electron chi connectivity index (χ2n) is 5.61. The number of hydrogen-bond donors (Lipinski definition) is 0. The van der Waals surface area contributed by atoms with E-state index in [2.05, 4.69) is 78.0 Å². The number of benzene rings is 1. The Bertz CT molecular complexity index is 944. The van der Waals surface area contributed by atoms with Crippen molar-refractivity contribution in [2.24, 2.45) is 0 Å². The molecule has 3 aromatic heterocycles. The van der Waals surface area contributed by atoms with Gasteiger partial charge in [0.05, 0.1) is 11.2 Å². The summed E-state index contributed by atoms with van der Waals surface area (Å²) in [5.41, 5.74) is 7.19. The summed E-state index contributed by atoms with van der Waals surface area (Å²) in [7, 11) is 0. The first-order valence-corrected chi connectivity index (χ1v) is 7.16. The van der Waals surface area contributed by atoms with Crippen LogP contribution in [0.3, 0.4) is 0 Å². The lowest BCUT2D eigenvalue weighted by molar-refractivity contribution is 1.24. The molecule has 0 fully saturated rings. The van der Waals surface area contributed by atoms with Crippen molar-refractivity contribution in [3.63, 3.8) is 0 Å². The molecular formula is C19H16N2. The van der Waals surface area contributed by atoms with Gasteiger partial charge in [0.2, 0.25) is 0 Å². The van der Waals surface area contributed by atoms with Gasteiger partial charge in [-0.1, -0.05) is 23.3 Å². The lowest BCUT2D eigenvalue weighted by Crippen LogP contribution is -1.88. The molecule has 21 heavy (non-hydrogen) atoms. The van der Waals surface area contributed by atoms with Gasteiger partial charge in [-0.15, -0.1) is 0 Å². The first-order valence-electron chi connectivity index (χ1n) is 7.16. The molecule has 0 saturated heterocycles. The molecule has 0 saturated carbocycles. The third-order valence-electron chi connectivity index (χ3n) is 3.91. The maximum absolute atomic E-state index is 4.64. The monoisotopic (exact) mass is 272 g/mol. The zero-order valence-electron chi connectivity index (χ0n) is 12.2. The van der Waals surface area contributed by atoms with Crippen LogP contribution in [0.2, 0.25) is 0 Å². The van der Waals surface area contributed by atoms with Crippen molar-refractivity contribution >= 4 is 16.4 Å². The number of fused-ring (bicyclic) bond motifs is 3. The Hall–Kier alpha value is -2.61. The SMILES string of the molecule is Cc1cc(C)cc(-c2nccc3c2cc2ccccn23)c1. The fourth-order valence-corrected chi connectivity index (χ4v) is 3.10. The van der Waals surface area contributed by atoms with Crippen LogP contribution >= 0.6 is 0 Å². The summed E-state index contributed by atoms with van der Waals surface area (Å²) in [6.45, 7) is 4.26. The number of rotatable bonds is 1. The highest BCUT2D eigenvalue weighted by molar-refractivity contribution is 5.97. The van der Waals surface area contributed by atoms with E-state index in [1.807, 2.05) is 6.20 Å². The molecule has 102 valence electrons. The van der Waals surface area contributed by atoms with Gasteiger partial charge in [-0.05, 0) is 50.2 Å². The minimum atomic E-state index is 1.06. The van der Waals surface area contributed by atoms with Gasteiger partial charge >= 0.3 is 0 Å². The van der Waals surface area contributed by atoms with E-state index in [9.17, 15) is 0 Å². The highest BCUT2D eigenvalue weighted by Gasteiger charge is 2.10. The zero-order chi connectivity index (χ0) is 14.4. The third kappa shape index (κ3) is 1.91. The summed E-state index contributed by atoms with van der Waals surface area (Å²) in [5, 5.41) is 1.20. The van der Waals surface area contributed by atoms with Gasteiger partial charge < -0.3 is 4.40 Å². The van der Waals surface area contributed by atoms with Crippen LogP contribution in [0.1, 0.15) is 11.1 Å². The van der Waals surface area contributed by atoms with Gasteiger partial charge in [-0.2, -0.15) is 0 Å². The van der Waals surface area contributed by atoms with Crippen molar-refractivity contribution in [3.8, 4) is 11.3 Å². The van der Waals surface area contributed by atoms with Crippen LogP contribution in [-0.4, -0.2) is 9.38 Å². The second-order valence-corrected chi connectivity index (χ2v) is 5.61. The van der Waals surface area contributed by atoms with Crippen molar-refractivity contribution < 1.29 is 0 Å². The van der Waals surface area contributed by atoms with Gasteiger partial charge in [-0.25, -0.2) is 0 Å². The predicted octanol–water partition coefficient (Wildman–Crippen LogP) is 4.77. The van der Waals surface area contributed by atoms with Gasteiger partial charge in [-0.3, -0.25) is 4.98 Å². The first kappa shape index (κ1) is 12.2. The van der Waals surface area contributed by atoms with Crippen molar-refractivity contribution in [1.29, 1.82) is 0 Å². The van der Waals surface area contributed by atoms with E-state index in [1.165, 1.54) is 33.1 Å². The van der Waals surface area contributed by atoms with Crippen LogP contribution in [0.25, 0.3) is 27.7 Å². The van der Waals surface area contributed by atoms with Crippen molar-refractivity contribution in [2.75, 3.05) is 0 Å². The van der Waals surface area contributed by atoms with E-state index in [-0.39, 0.29) is 0 Å². The van der Waals surface area contributed by atoms with Gasteiger partial charge in [0.15, 0.2) is 0 Å². The molecule has 4 rings (SSSR count). The molecule has 0 aliphatic heterocycles. The minimum Gasteiger partial charge on any atom is -0.316 e. The van der Waals surface area contributed by atoms with Gasteiger partial charge in [0.1, 0.15) is 0 Å². The Morgan fingerprint density at radius 2 is 1.71 bits per heavy atom. The molecule has 0 N–H and O–H groups in total. The highest BCUT2D eigenvalue weighted by Crippen LogP contribution is 2.30. The minimum absolute atomic E-state index is 1.06. The summed E-state index contributed by atoms with van der Waals surface area (Å²) in [5.74, 6) is 0. The summed E-state index contributed by atoms with van der Waals surface area (Å²) in [4.78, 5) is 4.64. The Morgan fingerprint density at radius 3 is 2.52 bits per heavy atom. The summed E-state index contributed by atoms with van der Waals surface area (Å²) < 4.78 is 2.21. The van der Waals surface area contributed by atoms with E-state index in [1.54, 1.807) is 0 Å². The molecule has 0 bridgehead atoms. The molecule has 0 aliphatic carbocycles. The van der Waals surface area contributed by atoms with Crippen molar-refractivity contribution in [1.82, 2.24) is 9.38 Å². The van der Waals surface area contributed by atoms with Crippen LogP contribution < -0.4 is 0 Å². The normalized spacial score (nSPS) is 11.3. The van der Waals surface area contributed by atoms with Gasteiger partial charge in [0.25, 0.3) is 0 Å². The average molecular weight is 272 g/mol. The quantitative estimate of drug-likeness (QED) is 0.488. The zero-order valence-corrected chi connectivity index (χ0v) is 12.2. The standard InChI is InChI=1S/C19H16N2/c1-13-9-14(2)11-15(10-13)19-17-12-16-5-3-4-8-21(16)18(17)6-7-20-19/h3-12H,1-2H3. The van der Waals surface area contributed by atoms with Gasteiger partial charge in [0, 0.05) is 28.9 Å². The average Bonchev–Trinajstić information content (AvgIpc) is 2.84. The number of nitrogens with zero attached hydrogens (tertiary/aromatic N) is 2. The number of aryl methyl sites for hydroxylation is 2. The summed E-state index contributed by atoms with van der Waals surface area (Å²) in [6, 6.07) is 17.2. The predicted molar refractivity (Wildman–Crippen MR) is 87.6 cm³/mol. The highest BCUT2D eigenvalue weighted by atomic mass is 14.9. The molecule has 0 spiro atoms. The van der Waals surface area contributed by atoms with Crippen LogP contribution in [0.4, 0.5) is 0 Å². The molecule has 0 amide bonds. The molecule has 1 aromatic carbocycles. The van der Waals surface area contributed by atoms with E-state index in [0.29, 0.717) is 0 Å². The largest absolute Gasteiger partial charge is 0.316 e. The van der Waals surface area contributed by atoms with Crippen LogP contribution in [0.5, 0.6) is 0 Å². The smallest absolute Gasteiger partial charge is 0.0796 e. The second kappa shape index (κ2) is 4.45. The first-order chi connectivity index (χ1) is 10.2. The number of pyridine rings is 2. The molecule has 0 radical (unpaired) electrons. The number of hydrogen-bond acceptors (Lipinski definition) is 1. The molecular weight excluding hydrogens is 256 g/mol. The lowest BCUT2D eigenvalue weighted by Gasteiger charge is -2.06. The van der Waals surface area contributed by atoms with E-state index in [4.69, 9.17) is 0 Å². The van der Waals surface area contributed by atoms with Crippen LogP contribution in [0.15, 0.2) is 60.9 Å². The number of aromatic nitrogens is 2. The Balaban J connectivity index is 2.09. The van der Waals surface area contributed by atoms with E-state index >= 15 is 0 Å². The third-order valence-corrected chi connectivity index (χ3v) is 3.91. The van der Waals surface area contributed by atoms with Crippen LogP contribution in [0, 0.1) is 13.8 Å². The van der Waals surface area contributed by atoms with Crippen molar-refractivity contribution in [2.45, 2.75) is 13.8 Å². The summed E-state index contributed by atoms with van der Waals surface area (Å²) in [6.07, 6.45) is 4.00. The Morgan fingerprint density at radius 1 is 0.905 bits per heavy atom. The lowest BCUT2D eigenvalue weighted by atomic mass is 10.0. The molecule has 0 unspecified atom stereocenters. The molecule has 3 heterocycles. The molecule has 0 atom stereocenters.